The van der Waals surface area contributed by atoms with Gasteiger partial charge in [-0.3, -0.25) is 9.59 Å². The summed E-state index contributed by atoms with van der Waals surface area (Å²) in [5, 5.41) is 2.97. The van der Waals surface area contributed by atoms with Crippen LogP contribution in [0.1, 0.15) is 37.9 Å². The maximum Gasteiger partial charge on any atom is 0.292 e. The Bertz CT molecular complexity index is 1070. The number of oxazole rings is 1. The van der Waals surface area contributed by atoms with Gasteiger partial charge in [0, 0.05) is 27.7 Å². The molecule has 0 radical (unpaired) electrons. The van der Waals surface area contributed by atoms with Gasteiger partial charge < -0.3 is 15.5 Å². The number of benzene rings is 1. The SMILES string of the molecule is CC1(C)CC(=O)C2=C(C1)NC(=O)[C@@]21c2cc(Br)ccc2-c2oc(N)nc21. The number of nitrogens with two attached hydrogens (primary N) is 1. The van der Waals surface area contributed by atoms with Crippen molar-refractivity contribution in [1.29, 1.82) is 0 Å². The lowest BCUT2D eigenvalue weighted by Gasteiger charge is -2.32. The molecule has 132 valence electrons. The van der Waals surface area contributed by atoms with Crippen LogP contribution in [0.4, 0.5) is 6.01 Å². The van der Waals surface area contributed by atoms with Crippen molar-refractivity contribution in [3.8, 4) is 11.3 Å². The minimum atomic E-state index is -1.28. The molecule has 7 heteroatoms. The number of carbonyl (C=O) groups is 2. The number of hydrogen-bond donors (Lipinski definition) is 2. The fourth-order valence-corrected chi connectivity index (χ4v) is 4.98. The zero-order valence-corrected chi connectivity index (χ0v) is 15.9. The van der Waals surface area contributed by atoms with Gasteiger partial charge in [0.2, 0.25) is 5.91 Å². The first kappa shape index (κ1) is 15.8. The zero-order chi connectivity index (χ0) is 18.4. The molecule has 0 fully saturated rings. The summed E-state index contributed by atoms with van der Waals surface area (Å²) in [6.07, 6.45) is 1.02. The molecule has 26 heavy (non-hydrogen) atoms. The van der Waals surface area contributed by atoms with E-state index in [2.05, 4.69) is 26.2 Å². The highest BCUT2D eigenvalue weighted by Gasteiger charge is 2.62. The van der Waals surface area contributed by atoms with Crippen molar-refractivity contribution in [1.82, 2.24) is 10.3 Å². The van der Waals surface area contributed by atoms with E-state index in [4.69, 9.17) is 10.2 Å². The summed E-state index contributed by atoms with van der Waals surface area (Å²) >= 11 is 3.48. The predicted octanol–water partition coefficient (Wildman–Crippen LogP) is 3.06. The van der Waals surface area contributed by atoms with Gasteiger partial charge in [0.25, 0.3) is 6.01 Å². The van der Waals surface area contributed by atoms with Gasteiger partial charge in [-0.1, -0.05) is 29.8 Å². The molecule has 3 N–H and O–H groups in total. The Hall–Kier alpha value is -2.41. The highest BCUT2D eigenvalue weighted by Crippen LogP contribution is 2.58. The number of fused-ring (bicyclic) bond motifs is 6. The van der Waals surface area contributed by atoms with Crippen molar-refractivity contribution in [2.45, 2.75) is 32.1 Å². The number of anilines is 1. The summed E-state index contributed by atoms with van der Waals surface area (Å²) in [6.45, 7) is 4.06. The van der Waals surface area contributed by atoms with Gasteiger partial charge in [0.1, 0.15) is 5.69 Å². The van der Waals surface area contributed by atoms with Crippen LogP contribution in [0.2, 0.25) is 0 Å². The summed E-state index contributed by atoms with van der Waals surface area (Å²) in [5.74, 6) is 0.168. The van der Waals surface area contributed by atoms with Crippen molar-refractivity contribution >= 4 is 33.6 Å². The number of rotatable bonds is 0. The smallest absolute Gasteiger partial charge is 0.292 e. The monoisotopic (exact) mass is 413 g/mol. The molecule has 6 nitrogen and oxygen atoms in total. The van der Waals surface area contributed by atoms with Gasteiger partial charge in [0.15, 0.2) is 17.0 Å². The summed E-state index contributed by atoms with van der Waals surface area (Å²) < 4.78 is 6.44. The van der Waals surface area contributed by atoms with Crippen LogP contribution < -0.4 is 11.1 Å². The number of amides is 1. The molecule has 0 bridgehead atoms. The van der Waals surface area contributed by atoms with Crippen LogP contribution >= 0.6 is 15.9 Å². The highest BCUT2D eigenvalue weighted by atomic mass is 79.9. The lowest BCUT2D eigenvalue weighted by atomic mass is 9.67. The second-order valence-corrected chi connectivity index (χ2v) is 8.83. The van der Waals surface area contributed by atoms with E-state index in [9.17, 15) is 9.59 Å². The number of Topliss-reactive ketones (excluding diaryl/α,β-unsaturated/α-hetero) is 1. The first-order valence-corrected chi connectivity index (χ1v) is 9.19. The topological polar surface area (TPSA) is 98.2 Å². The van der Waals surface area contributed by atoms with Gasteiger partial charge in [-0.05, 0) is 35.6 Å². The molecule has 2 heterocycles. The van der Waals surface area contributed by atoms with E-state index in [-0.39, 0.29) is 23.1 Å². The molecule has 1 aromatic carbocycles. The van der Waals surface area contributed by atoms with Gasteiger partial charge in [-0.2, -0.15) is 4.98 Å². The Morgan fingerprint density at radius 1 is 1.27 bits per heavy atom. The largest absolute Gasteiger partial charge is 0.423 e. The molecule has 1 atom stereocenters. The van der Waals surface area contributed by atoms with Gasteiger partial charge in [-0.15, -0.1) is 0 Å². The third-order valence-corrected chi connectivity index (χ3v) is 5.98. The fraction of sp³-hybridized carbons (Fsp3) is 0.316. The number of hydrogen-bond acceptors (Lipinski definition) is 5. The molecule has 2 aromatic rings. The number of ketones is 1. The van der Waals surface area contributed by atoms with Crippen LogP contribution in [-0.4, -0.2) is 16.7 Å². The van der Waals surface area contributed by atoms with E-state index in [1.54, 1.807) is 0 Å². The molecule has 0 saturated heterocycles. The van der Waals surface area contributed by atoms with Crippen LogP contribution in [0.5, 0.6) is 0 Å². The first-order valence-electron chi connectivity index (χ1n) is 8.39. The number of halogens is 1. The molecule has 0 saturated carbocycles. The fourth-order valence-electron chi connectivity index (χ4n) is 4.62. The highest BCUT2D eigenvalue weighted by molar-refractivity contribution is 9.10. The third-order valence-electron chi connectivity index (χ3n) is 5.48. The normalized spacial score (nSPS) is 25.3. The zero-order valence-electron chi connectivity index (χ0n) is 14.3. The minimum absolute atomic E-state index is 0.00613. The van der Waals surface area contributed by atoms with Gasteiger partial charge in [0.05, 0.1) is 0 Å². The molecule has 0 unspecified atom stereocenters. The predicted molar refractivity (Wildman–Crippen MR) is 98.0 cm³/mol. The maximum absolute atomic E-state index is 13.3. The first-order chi connectivity index (χ1) is 12.2. The van der Waals surface area contributed by atoms with Gasteiger partial charge in [-0.25, -0.2) is 0 Å². The summed E-state index contributed by atoms with van der Waals surface area (Å²) in [4.78, 5) is 30.8. The Balaban J connectivity index is 1.89. The Morgan fingerprint density at radius 2 is 2.04 bits per heavy atom. The van der Waals surface area contributed by atoms with E-state index < -0.39 is 5.41 Å². The van der Waals surface area contributed by atoms with Crippen molar-refractivity contribution in [2.24, 2.45) is 5.41 Å². The van der Waals surface area contributed by atoms with Crippen molar-refractivity contribution in [3.63, 3.8) is 0 Å². The minimum Gasteiger partial charge on any atom is -0.423 e. The Morgan fingerprint density at radius 3 is 2.81 bits per heavy atom. The summed E-state index contributed by atoms with van der Waals surface area (Å²) in [5.41, 5.74) is 7.38. The standard InChI is InChI=1S/C19H16BrN3O3/c1-18(2)6-11-13(12(24)7-18)19(16(25)22-11)10-5-8(20)3-4-9(10)14-15(19)23-17(21)26-14/h3-5H,6-7H2,1-2H3,(H2,21,23)(H,22,25)/t19-/m0/s1. The average molecular weight is 414 g/mol. The van der Waals surface area contributed by atoms with Crippen LogP contribution in [0.25, 0.3) is 11.3 Å². The van der Waals surface area contributed by atoms with E-state index in [0.29, 0.717) is 41.1 Å². The van der Waals surface area contributed by atoms with Crippen LogP contribution in [-0.2, 0) is 15.0 Å². The number of carbonyl (C=O) groups excluding carboxylic acids is 2. The molecular weight excluding hydrogens is 398 g/mol. The molecular formula is C19H16BrN3O3. The van der Waals surface area contributed by atoms with Crippen LogP contribution in [0.15, 0.2) is 38.4 Å². The Kier molecular flexibility index (Phi) is 2.83. The van der Waals surface area contributed by atoms with Crippen molar-refractivity contribution in [3.05, 3.63) is 45.2 Å². The molecule has 5 rings (SSSR count). The third kappa shape index (κ3) is 1.74. The molecule has 1 amide bonds. The van der Waals surface area contributed by atoms with Crippen LogP contribution in [0, 0.1) is 5.41 Å². The molecule has 2 aliphatic carbocycles. The molecule has 1 aromatic heterocycles. The van der Waals surface area contributed by atoms with E-state index in [1.807, 2.05) is 32.0 Å². The number of aromatic nitrogens is 1. The second-order valence-electron chi connectivity index (χ2n) is 7.92. The van der Waals surface area contributed by atoms with E-state index >= 15 is 0 Å². The van der Waals surface area contributed by atoms with Crippen LogP contribution in [0.3, 0.4) is 0 Å². The van der Waals surface area contributed by atoms with E-state index in [0.717, 1.165) is 10.0 Å². The second kappa shape index (κ2) is 4.65. The number of nitrogens with zero attached hydrogens (tertiary/aromatic N) is 1. The maximum atomic E-state index is 13.3. The van der Waals surface area contributed by atoms with Crippen molar-refractivity contribution < 1.29 is 14.0 Å². The van der Waals surface area contributed by atoms with Crippen molar-refractivity contribution in [2.75, 3.05) is 5.73 Å². The molecule has 3 aliphatic rings. The summed E-state index contributed by atoms with van der Waals surface area (Å²) in [7, 11) is 0. The van der Waals surface area contributed by atoms with E-state index in [1.165, 1.54) is 0 Å². The van der Waals surface area contributed by atoms with Gasteiger partial charge >= 0.3 is 0 Å². The average Bonchev–Trinajstić information content (AvgIpc) is 3.10. The lowest BCUT2D eigenvalue weighted by molar-refractivity contribution is -0.124. The molecule has 1 spiro atoms. The number of allylic oxidation sites excluding steroid dienone is 1. The lowest BCUT2D eigenvalue weighted by Crippen LogP contribution is -2.40. The number of nitrogen functional groups attached to an aromatic ring is 1. The molecule has 1 aliphatic heterocycles. The number of nitrogens with one attached hydrogen (secondary N) is 1. The Labute approximate surface area is 158 Å². The quantitative estimate of drug-likeness (QED) is 0.691. The summed E-state index contributed by atoms with van der Waals surface area (Å²) in [6, 6.07) is 5.59.